The van der Waals surface area contributed by atoms with Crippen LogP contribution in [0.25, 0.3) is 22.4 Å². The number of carboxylic acid groups (broad SMARTS) is 1. The summed E-state index contributed by atoms with van der Waals surface area (Å²) >= 11 is 0.937. The van der Waals surface area contributed by atoms with Gasteiger partial charge in [-0.05, 0) is 18.9 Å². The molecule has 1 aromatic carbocycles. The maximum atomic E-state index is 12.8. The number of aromatic nitrogens is 4. The second-order valence-corrected chi connectivity index (χ2v) is 7.60. The van der Waals surface area contributed by atoms with Gasteiger partial charge in [0.2, 0.25) is 0 Å². The monoisotopic (exact) mass is 399 g/mol. The Morgan fingerprint density at radius 1 is 1.18 bits per heavy atom. The molecule has 3 aromatic rings. The molecule has 8 nitrogen and oxygen atoms in total. The van der Waals surface area contributed by atoms with Crippen LogP contribution in [0.5, 0.6) is 0 Å². The summed E-state index contributed by atoms with van der Waals surface area (Å²) in [5.41, 5.74) is 0.733. The summed E-state index contributed by atoms with van der Waals surface area (Å²) in [4.78, 5) is 45.6. The van der Waals surface area contributed by atoms with Gasteiger partial charge in [-0.15, -0.1) is 0 Å². The molecule has 0 radical (unpaired) electrons. The highest BCUT2D eigenvalue weighted by atomic mass is 32.2. The Kier molecular flexibility index (Phi) is 5.37. The fourth-order valence-corrected chi connectivity index (χ4v) is 3.86. The van der Waals surface area contributed by atoms with E-state index in [1.54, 1.807) is 6.92 Å². The molecule has 0 unspecified atom stereocenters. The number of thioether (sulfide) groups is 1. The quantitative estimate of drug-likeness (QED) is 0.457. The van der Waals surface area contributed by atoms with Gasteiger partial charge in [0.15, 0.2) is 11.5 Å². The summed E-state index contributed by atoms with van der Waals surface area (Å²) in [5.74, 6) is -0.914. The van der Waals surface area contributed by atoms with Crippen LogP contribution in [0.2, 0.25) is 0 Å². The standard InChI is InChI=1S/C19H20N4O4S/c1-5-12(18(25)26)28-16-13-15(22(3)19(27)23(4)17(13)24)20-14(21-16)11-9-7-6-8-10(11)2/h6-9,12H,5H2,1-4H3,(H,25,26)/p-1/t12-/m0/s1. The van der Waals surface area contributed by atoms with Crippen molar-refractivity contribution < 1.29 is 9.90 Å². The Morgan fingerprint density at radius 3 is 2.46 bits per heavy atom. The third-order valence-corrected chi connectivity index (χ3v) is 5.87. The summed E-state index contributed by atoms with van der Waals surface area (Å²) in [5, 5.41) is 10.9. The summed E-state index contributed by atoms with van der Waals surface area (Å²) in [6.07, 6.45) is 0.296. The predicted molar refractivity (Wildman–Crippen MR) is 105 cm³/mol. The average molecular weight is 399 g/mol. The largest absolute Gasteiger partial charge is 0.549 e. The van der Waals surface area contributed by atoms with E-state index in [9.17, 15) is 19.5 Å². The molecule has 2 heterocycles. The molecule has 0 amide bonds. The van der Waals surface area contributed by atoms with E-state index in [1.165, 1.54) is 18.7 Å². The molecule has 0 aliphatic heterocycles. The molecule has 2 aromatic heterocycles. The van der Waals surface area contributed by atoms with Gasteiger partial charge in [0.25, 0.3) is 5.56 Å². The fraction of sp³-hybridized carbons (Fsp3) is 0.316. The van der Waals surface area contributed by atoms with E-state index < -0.39 is 22.5 Å². The predicted octanol–water partition coefficient (Wildman–Crippen LogP) is 0.623. The van der Waals surface area contributed by atoms with Crippen LogP contribution in [0.1, 0.15) is 18.9 Å². The van der Waals surface area contributed by atoms with E-state index in [0.717, 1.165) is 27.5 Å². The van der Waals surface area contributed by atoms with Gasteiger partial charge < -0.3 is 9.90 Å². The van der Waals surface area contributed by atoms with Crippen LogP contribution in [0.3, 0.4) is 0 Å². The molecule has 28 heavy (non-hydrogen) atoms. The SMILES string of the molecule is CC[C@H](Sc1nc(-c2ccccc2C)nc2c1c(=O)n(C)c(=O)n2C)C(=O)[O-]. The first-order valence-corrected chi connectivity index (χ1v) is 9.55. The molecule has 9 heteroatoms. The van der Waals surface area contributed by atoms with Crippen LogP contribution >= 0.6 is 11.8 Å². The van der Waals surface area contributed by atoms with Crippen molar-refractivity contribution in [2.45, 2.75) is 30.5 Å². The Morgan fingerprint density at radius 2 is 1.86 bits per heavy atom. The van der Waals surface area contributed by atoms with Crippen molar-refractivity contribution in [3.05, 3.63) is 50.7 Å². The highest BCUT2D eigenvalue weighted by Crippen LogP contribution is 2.30. The van der Waals surface area contributed by atoms with Gasteiger partial charge in [-0.25, -0.2) is 14.8 Å². The number of carbonyl (C=O) groups excluding carboxylic acids is 1. The Labute approximate surface area is 164 Å². The van der Waals surface area contributed by atoms with Gasteiger partial charge in [-0.2, -0.15) is 0 Å². The lowest BCUT2D eigenvalue weighted by Crippen LogP contribution is -2.38. The zero-order valence-corrected chi connectivity index (χ0v) is 16.7. The van der Waals surface area contributed by atoms with E-state index >= 15 is 0 Å². The number of carboxylic acids is 1. The molecule has 1 atom stereocenters. The molecule has 146 valence electrons. The summed E-state index contributed by atoms with van der Waals surface area (Å²) in [7, 11) is 2.88. The highest BCUT2D eigenvalue weighted by Gasteiger charge is 2.21. The molecule has 0 saturated carbocycles. The van der Waals surface area contributed by atoms with Crippen LogP contribution in [-0.4, -0.2) is 30.3 Å². The zero-order chi connectivity index (χ0) is 20.6. The van der Waals surface area contributed by atoms with Crippen LogP contribution in [-0.2, 0) is 18.9 Å². The molecule has 0 aliphatic rings. The van der Waals surface area contributed by atoms with Crippen molar-refractivity contribution in [3.63, 3.8) is 0 Å². The van der Waals surface area contributed by atoms with Gasteiger partial charge in [-0.3, -0.25) is 13.9 Å². The van der Waals surface area contributed by atoms with Crippen molar-refractivity contribution in [1.29, 1.82) is 0 Å². The van der Waals surface area contributed by atoms with Gasteiger partial charge >= 0.3 is 5.69 Å². The Hall–Kier alpha value is -2.94. The maximum absolute atomic E-state index is 12.8. The fourth-order valence-electron chi connectivity index (χ4n) is 2.89. The van der Waals surface area contributed by atoms with Gasteiger partial charge in [0.05, 0.1) is 11.2 Å². The van der Waals surface area contributed by atoms with Gasteiger partial charge in [0, 0.05) is 19.7 Å². The number of nitrogens with zero attached hydrogens (tertiary/aromatic N) is 4. The highest BCUT2D eigenvalue weighted by molar-refractivity contribution is 8.00. The third-order valence-electron chi connectivity index (χ3n) is 4.54. The lowest BCUT2D eigenvalue weighted by atomic mass is 10.1. The third kappa shape index (κ3) is 3.33. The first-order chi connectivity index (χ1) is 13.3. The Bertz CT molecular complexity index is 1200. The van der Waals surface area contributed by atoms with Crippen molar-refractivity contribution in [2.24, 2.45) is 14.1 Å². The van der Waals surface area contributed by atoms with Crippen LogP contribution < -0.4 is 16.4 Å². The molecule has 0 fully saturated rings. The number of aryl methyl sites for hydroxylation is 2. The van der Waals surface area contributed by atoms with Crippen LogP contribution in [0, 0.1) is 6.92 Å². The van der Waals surface area contributed by atoms with Crippen molar-refractivity contribution in [1.82, 2.24) is 19.1 Å². The average Bonchev–Trinajstić information content (AvgIpc) is 2.68. The van der Waals surface area contributed by atoms with E-state index in [1.807, 2.05) is 31.2 Å². The molecule has 3 rings (SSSR count). The number of aliphatic carboxylic acids is 1. The second kappa shape index (κ2) is 7.59. The van der Waals surface area contributed by atoms with E-state index in [4.69, 9.17) is 0 Å². The molecular weight excluding hydrogens is 380 g/mol. The number of hydrogen-bond donors (Lipinski definition) is 0. The lowest BCUT2D eigenvalue weighted by molar-refractivity contribution is -0.304. The number of hydrogen-bond acceptors (Lipinski definition) is 7. The first-order valence-electron chi connectivity index (χ1n) is 8.67. The molecule has 0 spiro atoms. The minimum Gasteiger partial charge on any atom is -0.549 e. The maximum Gasteiger partial charge on any atom is 0.332 e. The van der Waals surface area contributed by atoms with E-state index in [-0.39, 0.29) is 16.1 Å². The molecule has 0 saturated heterocycles. The summed E-state index contributed by atoms with van der Waals surface area (Å²) in [6.45, 7) is 3.61. The summed E-state index contributed by atoms with van der Waals surface area (Å²) < 4.78 is 2.23. The molecule has 0 aliphatic carbocycles. The molecular formula is C19H19N4O4S-. The van der Waals surface area contributed by atoms with Crippen LogP contribution in [0.4, 0.5) is 0 Å². The lowest BCUT2D eigenvalue weighted by Gasteiger charge is -2.17. The van der Waals surface area contributed by atoms with Gasteiger partial charge in [-0.1, -0.05) is 43.0 Å². The normalized spacial score (nSPS) is 12.3. The smallest absolute Gasteiger partial charge is 0.332 e. The second-order valence-electron chi connectivity index (χ2n) is 6.41. The van der Waals surface area contributed by atoms with E-state index in [0.29, 0.717) is 12.2 Å². The summed E-state index contributed by atoms with van der Waals surface area (Å²) in [6, 6.07) is 7.45. The zero-order valence-electron chi connectivity index (χ0n) is 15.9. The van der Waals surface area contributed by atoms with Crippen LogP contribution in [0.15, 0.2) is 38.9 Å². The van der Waals surface area contributed by atoms with E-state index in [2.05, 4.69) is 9.97 Å². The topological polar surface area (TPSA) is 110 Å². The number of rotatable bonds is 5. The number of fused-ring (bicyclic) bond motifs is 1. The number of carbonyl (C=O) groups is 1. The Balaban J connectivity index is 2.41. The van der Waals surface area contributed by atoms with Crippen molar-refractivity contribution >= 4 is 28.8 Å². The first kappa shape index (κ1) is 19.8. The molecule has 0 bridgehead atoms. The minimum atomic E-state index is -1.24. The number of benzene rings is 1. The van der Waals surface area contributed by atoms with Crippen molar-refractivity contribution in [2.75, 3.05) is 0 Å². The van der Waals surface area contributed by atoms with Crippen molar-refractivity contribution in [3.8, 4) is 11.4 Å². The van der Waals surface area contributed by atoms with Gasteiger partial charge in [0.1, 0.15) is 10.4 Å². The molecule has 0 N–H and O–H groups in total. The minimum absolute atomic E-state index is 0.117.